The van der Waals surface area contributed by atoms with E-state index in [1.54, 1.807) is 6.07 Å². The molecule has 0 unspecified atom stereocenters. The number of aryl methyl sites for hydroxylation is 1. The molecule has 2 heterocycles. The molecule has 5 atom stereocenters. The van der Waals surface area contributed by atoms with Gasteiger partial charge in [0.25, 0.3) is 0 Å². The molecule has 30 heavy (non-hydrogen) atoms. The van der Waals surface area contributed by atoms with Gasteiger partial charge in [0.15, 0.2) is 21.5 Å². The van der Waals surface area contributed by atoms with Crippen molar-refractivity contribution in [1.82, 2.24) is 9.97 Å². The van der Waals surface area contributed by atoms with Crippen LogP contribution in [-0.2, 0) is 21.1 Å². The molecule has 4 N–H and O–H groups in total. The number of sulfone groups is 1. The normalized spacial score (nSPS) is 31.3. The molecule has 1 aliphatic heterocycles. The number of nitrogens with two attached hydrogens (primary N) is 1. The first-order valence-corrected chi connectivity index (χ1v) is 11.7. The van der Waals surface area contributed by atoms with Crippen molar-refractivity contribution < 1.29 is 17.6 Å². The summed E-state index contributed by atoms with van der Waals surface area (Å²) in [5.41, 5.74) is 7.19. The SMILES string of the molecule is NC(=O)[C@H]1[C@H]2C[C@H]3[C@H]1Nc1nc(ncc1F)Nc1cccc(c1)CCS(=O)(=O)[C@@H]3C2. The molecule has 0 radical (unpaired) electrons. The average Bonchev–Trinajstić information content (AvgIpc) is 3.28. The Balaban J connectivity index is 1.61. The minimum absolute atomic E-state index is 0.0223. The van der Waals surface area contributed by atoms with Crippen LogP contribution in [0.1, 0.15) is 18.4 Å². The highest BCUT2D eigenvalue weighted by Crippen LogP contribution is 2.52. The number of carbonyl (C=O) groups excluding carboxylic acids is 1. The predicted octanol–water partition coefficient (Wildman–Crippen LogP) is 1.62. The number of nitrogens with zero attached hydrogens (tertiary/aromatic N) is 2. The van der Waals surface area contributed by atoms with Crippen molar-refractivity contribution in [2.75, 3.05) is 16.4 Å². The molecule has 158 valence electrons. The van der Waals surface area contributed by atoms with Crippen LogP contribution < -0.4 is 16.4 Å². The van der Waals surface area contributed by atoms with Crippen LogP contribution in [0.5, 0.6) is 0 Å². The second-order valence-corrected chi connectivity index (χ2v) is 10.7. The second kappa shape index (κ2) is 6.90. The second-order valence-electron chi connectivity index (χ2n) is 8.36. The Morgan fingerprint density at radius 1 is 1.27 bits per heavy atom. The first kappa shape index (κ1) is 19.2. The van der Waals surface area contributed by atoms with Gasteiger partial charge in [0, 0.05) is 11.7 Å². The molecule has 2 aliphatic carbocycles. The van der Waals surface area contributed by atoms with Gasteiger partial charge in [-0.1, -0.05) is 12.1 Å². The number of fused-ring (bicyclic) bond motifs is 5. The van der Waals surface area contributed by atoms with Crippen LogP contribution in [-0.4, -0.2) is 41.3 Å². The van der Waals surface area contributed by atoms with Gasteiger partial charge in [0.2, 0.25) is 11.9 Å². The zero-order chi connectivity index (χ0) is 21.0. The molecule has 6 bridgehead atoms. The number of nitrogens with one attached hydrogen (secondary N) is 2. The Morgan fingerprint density at radius 2 is 2.10 bits per heavy atom. The van der Waals surface area contributed by atoms with Crippen molar-refractivity contribution in [1.29, 1.82) is 0 Å². The van der Waals surface area contributed by atoms with E-state index in [0.717, 1.165) is 11.8 Å². The van der Waals surface area contributed by atoms with Gasteiger partial charge in [-0.25, -0.2) is 17.8 Å². The van der Waals surface area contributed by atoms with Gasteiger partial charge in [-0.05, 0) is 48.8 Å². The molecule has 1 amide bonds. The third kappa shape index (κ3) is 3.19. The van der Waals surface area contributed by atoms with E-state index in [1.165, 1.54) is 0 Å². The highest BCUT2D eigenvalue weighted by Gasteiger charge is 2.58. The minimum Gasteiger partial charge on any atom is -0.369 e. The number of benzene rings is 1. The van der Waals surface area contributed by atoms with Crippen molar-refractivity contribution in [3.8, 4) is 0 Å². The van der Waals surface area contributed by atoms with Gasteiger partial charge in [-0.3, -0.25) is 4.79 Å². The first-order chi connectivity index (χ1) is 14.3. The molecule has 2 saturated carbocycles. The Morgan fingerprint density at radius 3 is 2.90 bits per heavy atom. The first-order valence-electron chi connectivity index (χ1n) is 9.98. The van der Waals surface area contributed by atoms with Crippen molar-refractivity contribution in [2.24, 2.45) is 23.5 Å². The molecule has 10 heteroatoms. The molecular formula is C20H22FN5O3S. The van der Waals surface area contributed by atoms with E-state index < -0.39 is 38.8 Å². The zero-order valence-electron chi connectivity index (χ0n) is 16.1. The molecule has 5 rings (SSSR count). The fourth-order valence-electron chi connectivity index (χ4n) is 5.35. The third-order valence-electron chi connectivity index (χ3n) is 6.64. The fraction of sp³-hybridized carbons (Fsp3) is 0.450. The summed E-state index contributed by atoms with van der Waals surface area (Å²) in [4.78, 5) is 20.4. The molecule has 0 saturated heterocycles. The van der Waals surface area contributed by atoms with Crippen LogP contribution in [0, 0.1) is 23.6 Å². The van der Waals surface area contributed by atoms with E-state index >= 15 is 0 Å². The smallest absolute Gasteiger partial charge is 0.229 e. The number of carbonyl (C=O) groups is 1. The number of aromatic nitrogens is 2. The number of hydrogen-bond donors (Lipinski definition) is 3. The monoisotopic (exact) mass is 431 g/mol. The summed E-state index contributed by atoms with van der Waals surface area (Å²) in [5.74, 6) is -2.04. The Labute approximate surface area is 173 Å². The van der Waals surface area contributed by atoms with Crippen molar-refractivity contribution in [3.05, 3.63) is 41.8 Å². The summed E-state index contributed by atoms with van der Waals surface area (Å²) in [7, 11) is -3.41. The number of anilines is 3. The van der Waals surface area contributed by atoms with Gasteiger partial charge < -0.3 is 16.4 Å². The quantitative estimate of drug-likeness (QED) is 0.626. The molecule has 1 aromatic carbocycles. The standard InChI is InChI=1S/C20H22FN5O3S/c21-14-9-23-20-24-12-3-1-2-10(6-12)4-5-30(28,29)15-8-11-7-13(15)17(16(11)18(22)27)25-19(14)26-20/h1-3,6,9,11,13,15-17H,4-5,7-8H2,(H2,22,27)(H2,23,24,25,26)/t11-,13+,15+,16-,17+/m0/s1. The Bertz CT molecular complexity index is 1130. The molecule has 0 spiro atoms. The van der Waals surface area contributed by atoms with Crippen LogP contribution in [0.25, 0.3) is 0 Å². The van der Waals surface area contributed by atoms with Crippen LogP contribution in [0.15, 0.2) is 30.5 Å². The summed E-state index contributed by atoms with van der Waals surface area (Å²) in [6.45, 7) is 0. The van der Waals surface area contributed by atoms with E-state index in [-0.39, 0.29) is 29.4 Å². The number of hydrogen-bond acceptors (Lipinski definition) is 7. The lowest BCUT2D eigenvalue weighted by Gasteiger charge is -2.35. The van der Waals surface area contributed by atoms with Gasteiger partial charge >= 0.3 is 0 Å². The molecular weight excluding hydrogens is 409 g/mol. The van der Waals surface area contributed by atoms with Crippen molar-refractivity contribution in [3.63, 3.8) is 0 Å². The lowest BCUT2D eigenvalue weighted by atomic mass is 9.83. The van der Waals surface area contributed by atoms with Crippen LogP contribution >= 0.6 is 0 Å². The van der Waals surface area contributed by atoms with E-state index in [1.807, 2.05) is 18.2 Å². The zero-order valence-corrected chi connectivity index (χ0v) is 16.9. The Kier molecular flexibility index (Phi) is 4.42. The third-order valence-corrected chi connectivity index (χ3v) is 8.88. The fourth-order valence-corrected chi connectivity index (χ4v) is 7.53. The minimum atomic E-state index is -3.41. The number of halogens is 1. The number of rotatable bonds is 1. The largest absolute Gasteiger partial charge is 0.369 e. The summed E-state index contributed by atoms with van der Waals surface area (Å²) in [6.07, 6.45) is 2.42. The number of amides is 1. The van der Waals surface area contributed by atoms with Gasteiger partial charge in [-0.15, -0.1) is 0 Å². The van der Waals surface area contributed by atoms with Crippen LogP contribution in [0.2, 0.25) is 0 Å². The van der Waals surface area contributed by atoms with E-state index in [0.29, 0.717) is 24.9 Å². The van der Waals surface area contributed by atoms with Crippen LogP contribution in [0.3, 0.4) is 0 Å². The highest BCUT2D eigenvalue weighted by atomic mass is 32.2. The van der Waals surface area contributed by atoms with E-state index in [2.05, 4.69) is 20.6 Å². The predicted molar refractivity (Wildman–Crippen MR) is 109 cm³/mol. The van der Waals surface area contributed by atoms with Crippen molar-refractivity contribution in [2.45, 2.75) is 30.6 Å². The van der Waals surface area contributed by atoms with E-state index in [9.17, 15) is 17.6 Å². The number of primary amides is 1. The maximum atomic E-state index is 14.5. The molecule has 2 aromatic rings. The summed E-state index contributed by atoms with van der Waals surface area (Å²) >= 11 is 0. The van der Waals surface area contributed by atoms with Gasteiger partial charge in [-0.2, -0.15) is 4.98 Å². The maximum Gasteiger partial charge on any atom is 0.229 e. The lowest BCUT2D eigenvalue weighted by molar-refractivity contribution is -0.123. The van der Waals surface area contributed by atoms with Crippen LogP contribution in [0.4, 0.5) is 21.8 Å². The highest BCUT2D eigenvalue weighted by molar-refractivity contribution is 7.92. The molecule has 3 aliphatic rings. The van der Waals surface area contributed by atoms with Crippen molar-refractivity contribution >= 4 is 33.2 Å². The van der Waals surface area contributed by atoms with Gasteiger partial charge in [0.1, 0.15) is 0 Å². The molecule has 1 aromatic heterocycles. The summed E-state index contributed by atoms with van der Waals surface area (Å²) in [5, 5.41) is 5.46. The maximum absolute atomic E-state index is 14.5. The topological polar surface area (TPSA) is 127 Å². The summed E-state index contributed by atoms with van der Waals surface area (Å²) < 4.78 is 40.8. The molecule has 8 nitrogen and oxygen atoms in total. The average molecular weight is 431 g/mol. The lowest BCUT2D eigenvalue weighted by Crippen LogP contribution is -2.49. The van der Waals surface area contributed by atoms with Gasteiger partial charge in [0.05, 0.1) is 23.1 Å². The molecule has 2 fully saturated rings. The summed E-state index contributed by atoms with van der Waals surface area (Å²) in [6, 6.07) is 6.75. The van der Waals surface area contributed by atoms with E-state index in [4.69, 9.17) is 5.73 Å². The Hall–Kier alpha value is -2.75.